The Morgan fingerprint density at radius 1 is 1.26 bits per heavy atom. The van der Waals surface area contributed by atoms with E-state index in [9.17, 15) is 9.59 Å². The molecule has 118 valence electrons. The number of aromatic nitrogens is 1. The molecule has 1 aliphatic rings. The van der Waals surface area contributed by atoms with Gasteiger partial charge in [-0.25, -0.2) is 4.79 Å². The molecular weight excluding hydrogens is 358 g/mol. The molecule has 0 atom stereocenters. The van der Waals surface area contributed by atoms with Crippen LogP contribution in [0.15, 0.2) is 47.1 Å². The van der Waals surface area contributed by atoms with Gasteiger partial charge in [-0.1, -0.05) is 34.1 Å². The van der Waals surface area contributed by atoms with Gasteiger partial charge in [-0.2, -0.15) is 0 Å². The fraction of sp³-hybridized carbons (Fsp3) is 0.222. The minimum absolute atomic E-state index is 0.0302. The van der Waals surface area contributed by atoms with E-state index in [0.717, 1.165) is 10.0 Å². The molecule has 1 aromatic carbocycles. The quantitative estimate of drug-likeness (QED) is 0.765. The highest BCUT2D eigenvalue weighted by Crippen LogP contribution is 2.29. The lowest BCUT2D eigenvalue weighted by Crippen LogP contribution is -2.17. The number of carbonyl (C=O) groups is 2. The van der Waals surface area contributed by atoms with Crippen molar-refractivity contribution in [2.24, 2.45) is 0 Å². The van der Waals surface area contributed by atoms with Gasteiger partial charge in [-0.15, -0.1) is 0 Å². The third-order valence-electron chi connectivity index (χ3n) is 3.77. The Hall–Kier alpha value is -2.14. The maximum absolute atomic E-state index is 12.2. The average Bonchev–Trinajstić information content (AvgIpc) is 2.95. The number of allylic oxidation sites excluding steroid dienone is 1. The van der Waals surface area contributed by atoms with Gasteiger partial charge in [0.25, 0.3) is 0 Å². The third kappa shape index (κ3) is 3.15. The summed E-state index contributed by atoms with van der Waals surface area (Å²) in [7, 11) is 0. The second-order valence-electron chi connectivity index (χ2n) is 5.30. The minimum atomic E-state index is -0.378. The summed E-state index contributed by atoms with van der Waals surface area (Å²) in [6.07, 6.45) is 3.76. The summed E-state index contributed by atoms with van der Waals surface area (Å²) in [6, 6.07) is 9.74. The fourth-order valence-electron chi connectivity index (χ4n) is 2.71. The molecule has 0 bridgehead atoms. The normalized spacial score (nSPS) is 13.5. The van der Waals surface area contributed by atoms with Crippen molar-refractivity contribution in [3.05, 3.63) is 63.9 Å². The number of fused-ring (bicyclic) bond motifs is 1. The molecule has 0 spiro atoms. The molecule has 3 rings (SSSR count). The van der Waals surface area contributed by atoms with Gasteiger partial charge in [0.2, 0.25) is 0 Å². The molecule has 0 saturated carbocycles. The Labute approximate surface area is 142 Å². The van der Waals surface area contributed by atoms with Gasteiger partial charge in [-0.05, 0) is 30.7 Å². The Morgan fingerprint density at radius 2 is 2.00 bits per heavy atom. The second-order valence-corrected chi connectivity index (χ2v) is 6.21. The first-order valence-corrected chi connectivity index (χ1v) is 8.24. The monoisotopic (exact) mass is 373 g/mol. The zero-order chi connectivity index (χ0) is 16.4. The van der Waals surface area contributed by atoms with Crippen LogP contribution < -0.4 is 0 Å². The number of halogens is 1. The van der Waals surface area contributed by atoms with Crippen LogP contribution in [-0.2, 0) is 16.1 Å². The van der Waals surface area contributed by atoms with Crippen LogP contribution in [0.1, 0.15) is 35.0 Å². The summed E-state index contributed by atoms with van der Waals surface area (Å²) in [4.78, 5) is 24.3. The number of hydrogen-bond donors (Lipinski definition) is 0. The number of benzene rings is 1. The maximum atomic E-state index is 12.2. The van der Waals surface area contributed by atoms with Gasteiger partial charge >= 0.3 is 5.97 Å². The summed E-state index contributed by atoms with van der Waals surface area (Å²) >= 11 is 3.42. The van der Waals surface area contributed by atoms with Crippen LogP contribution in [0.5, 0.6) is 0 Å². The van der Waals surface area contributed by atoms with Crippen molar-refractivity contribution in [3.8, 4) is 0 Å². The lowest BCUT2D eigenvalue weighted by Gasteiger charge is -2.17. The first-order chi connectivity index (χ1) is 11.1. The Balaban J connectivity index is 1.98. The molecule has 1 aliphatic carbocycles. The summed E-state index contributed by atoms with van der Waals surface area (Å²) in [6.45, 7) is 2.67. The predicted octanol–water partition coefficient (Wildman–Crippen LogP) is 3.83. The largest absolute Gasteiger partial charge is 0.462 e. The number of nitrogens with zero attached hydrogens (tertiary/aromatic N) is 1. The second kappa shape index (κ2) is 6.54. The number of esters is 1. The van der Waals surface area contributed by atoms with Crippen LogP contribution in [0.2, 0.25) is 0 Å². The number of carbonyl (C=O) groups excluding carboxylic acids is 2. The number of hydrogen-bond acceptors (Lipinski definition) is 3. The van der Waals surface area contributed by atoms with E-state index >= 15 is 0 Å². The van der Waals surface area contributed by atoms with Crippen molar-refractivity contribution in [2.75, 3.05) is 6.61 Å². The molecular formula is C18H16BrNO3. The van der Waals surface area contributed by atoms with E-state index in [1.54, 1.807) is 19.1 Å². The van der Waals surface area contributed by atoms with Crippen LogP contribution in [0.3, 0.4) is 0 Å². The molecule has 0 fully saturated rings. The van der Waals surface area contributed by atoms with Crippen LogP contribution in [0, 0.1) is 0 Å². The van der Waals surface area contributed by atoms with Gasteiger partial charge in [0.15, 0.2) is 5.78 Å². The topological polar surface area (TPSA) is 48.3 Å². The molecule has 5 heteroatoms. The number of rotatable bonds is 4. The third-order valence-corrected chi connectivity index (χ3v) is 4.30. The Morgan fingerprint density at radius 3 is 2.70 bits per heavy atom. The molecule has 0 aliphatic heterocycles. The van der Waals surface area contributed by atoms with E-state index < -0.39 is 0 Å². The van der Waals surface area contributed by atoms with Crippen LogP contribution in [0.25, 0.3) is 5.57 Å². The van der Waals surface area contributed by atoms with E-state index in [0.29, 0.717) is 30.0 Å². The van der Waals surface area contributed by atoms with Crippen LogP contribution in [0.4, 0.5) is 0 Å². The Bertz CT molecular complexity index is 787. The van der Waals surface area contributed by atoms with Crippen molar-refractivity contribution in [1.29, 1.82) is 0 Å². The molecule has 0 amide bonds. The summed E-state index contributed by atoms with van der Waals surface area (Å²) in [5.41, 5.74) is 2.81. The molecule has 1 aromatic heterocycles. The molecule has 0 radical (unpaired) electrons. The number of ether oxygens (including phenoxy) is 1. The standard InChI is InChI=1S/C18H16BrNO3/c1-2-23-18(22)15-7-8-16(21)14-9-10-20(17(14)15)11-12-3-5-13(19)6-4-12/h3-7,9-10H,2,8,11H2,1H3. The first kappa shape index (κ1) is 15.7. The number of ketones is 1. The van der Waals surface area contributed by atoms with Crippen molar-refractivity contribution < 1.29 is 14.3 Å². The highest BCUT2D eigenvalue weighted by atomic mass is 79.9. The van der Waals surface area contributed by atoms with E-state index in [-0.39, 0.29) is 18.2 Å². The van der Waals surface area contributed by atoms with Crippen molar-refractivity contribution in [3.63, 3.8) is 0 Å². The number of Topliss-reactive ketones (excluding diaryl/α,β-unsaturated/α-hetero) is 1. The van der Waals surface area contributed by atoms with Gasteiger partial charge < -0.3 is 9.30 Å². The molecule has 0 N–H and O–H groups in total. The summed E-state index contributed by atoms with van der Waals surface area (Å²) in [5.74, 6) is -0.348. The van der Waals surface area contributed by atoms with Crippen molar-refractivity contribution >= 4 is 33.3 Å². The highest BCUT2D eigenvalue weighted by molar-refractivity contribution is 9.10. The van der Waals surface area contributed by atoms with Crippen LogP contribution >= 0.6 is 15.9 Å². The van der Waals surface area contributed by atoms with Gasteiger partial charge in [-0.3, -0.25) is 4.79 Å². The van der Waals surface area contributed by atoms with Crippen LogP contribution in [-0.4, -0.2) is 22.9 Å². The lowest BCUT2D eigenvalue weighted by atomic mass is 9.96. The molecule has 4 nitrogen and oxygen atoms in total. The first-order valence-electron chi connectivity index (χ1n) is 7.44. The zero-order valence-corrected chi connectivity index (χ0v) is 14.3. The van der Waals surface area contributed by atoms with E-state index in [4.69, 9.17) is 4.74 Å². The van der Waals surface area contributed by atoms with E-state index in [1.807, 2.05) is 35.0 Å². The maximum Gasteiger partial charge on any atom is 0.339 e. The SMILES string of the molecule is CCOC(=O)C1=CCC(=O)c2ccn(Cc3ccc(Br)cc3)c21. The summed E-state index contributed by atoms with van der Waals surface area (Å²) in [5, 5.41) is 0. The summed E-state index contributed by atoms with van der Waals surface area (Å²) < 4.78 is 8.07. The van der Waals surface area contributed by atoms with Gasteiger partial charge in [0, 0.05) is 29.2 Å². The zero-order valence-electron chi connectivity index (χ0n) is 12.7. The van der Waals surface area contributed by atoms with E-state index in [1.165, 1.54) is 0 Å². The average molecular weight is 374 g/mol. The predicted molar refractivity (Wildman–Crippen MR) is 91.2 cm³/mol. The Kier molecular flexibility index (Phi) is 4.48. The van der Waals surface area contributed by atoms with Crippen molar-refractivity contribution in [2.45, 2.75) is 19.9 Å². The fourth-order valence-corrected chi connectivity index (χ4v) is 2.97. The molecule has 0 saturated heterocycles. The lowest BCUT2D eigenvalue weighted by molar-refractivity contribution is -0.136. The molecule has 2 aromatic rings. The molecule has 0 unspecified atom stereocenters. The van der Waals surface area contributed by atoms with E-state index in [2.05, 4.69) is 15.9 Å². The molecule has 1 heterocycles. The molecule has 23 heavy (non-hydrogen) atoms. The minimum Gasteiger partial charge on any atom is -0.462 e. The van der Waals surface area contributed by atoms with Crippen molar-refractivity contribution in [1.82, 2.24) is 4.57 Å². The highest BCUT2D eigenvalue weighted by Gasteiger charge is 2.27. The van der Waals surface area contributed by atoms with Gasteiger partial charge in [0.1, 0.15) is 0 Å². The van der Waals surface area contributed by atoms with Gasteiger partial charge in [0.05, 0.1) is 17.9 Å². The smallest absolute Gasteiger partial charge is 0.339 e.